The van der Waals surface area contributed by atoms with Gasteiger partial charge in [-0.15, -0.1) is 0 Å². The van der Waals surface area contributed by atoms with E-state index in [0.717, 1.165) is 5.75 Å². The van der Waals surface area contributed by atoms with Crippen molar-refractivity contribution in [3.63, 3.8) is 0 Å². The quantitative estimate of drug-likeness (QED) is 0.643. The summed E-state index contributed by atoms with van der Waals surface area (Å²) in [6.45, 7) is 1.87. The summed E-state index contributed by atoms with van der Waals surface area (Å²) in [5.74, 6) is 0.744. The minimum Gasteiger partial charge on any atom is -0.494 e. The summed E-state index contributed by atoms with van der Waals surface area (Å²) < 4.78 is 32.3. The number of ether oxygens (including phenoxy) is 1. The van der Waals surface area contributed by atoms with Crippen LogP contribution in [0.25, 0.3) is 0 Å². The second kappa shape index (κ2) is 9.41. The molecule has 2 aromatic carbocycles. The van der Waals surface area contributed by atoms with Crippen molar-refractivity contribution in [3.8, 4) is 5.75 Å². The standard InChI is InChI=1S/C20H23ClN2O4S/c21-17-8-10-18(11-9-17)27-16-4-7-20(24)22-12-14-23(15-13-22)28(25,26)19-5-2-1-3-6-19/h1-3,5-6,8-11H,4,7,12-16H2. The van der Waals surface area contributed by atoms with Gasteiger partial charge in [0, 0.05) is 37.6 Å². The molecule has 2 aromatic rings. The lowest BCUT2D eigenvalue weighted by Gasteiger charge is -2.34. The Labute approximate surface area is 170 Å². The van der Waals surface area contributed by atoms with Crippen molar-refractivity contribution >= 4 is 27.5 Å². The molecule has 28 heavy (non-hydrogen) atoms. The van der Waals surface area contributed by atoms with E-state index in [1.807, 2.05) is 0 Å². The molecule has 0 radical (unpaired) electrons. The van der Waals surface area contributed by atoms with Gasteiger partial charge >= 0.3 is 0 Å². The maximum atomic E-state index is 12.6. The van der Waals surface area contributed by atoms with E-state index in [9.17, 15) is 13.2 Å². The van der Waals surface area contributed by atoms with Crippen LogP contribution in [-0.2, 0) is 14.8 Å². The van der Waals surface area contributed by atoms with Gasteiger partial charge in [0.1, 0.15) is 5.75 Å². The Morgan fingerprint density at radius 2 is 1.61 bits per heavy atom. The molecule has 1 saturated heterocycles. The van der Waals surface area contributed by atoms with Gasteiger partial charge in [0.2, 0.25) is 15.9 Å². The molecular formula is C20H23ClN2O4S. The van der Waals surface area contributed by atoms with E-state index < -0.39 is 10.0 Å². The molecule has 0 spiro atoms. The average Bonchev–Trinajstić information content (AvgIpc) is 2.73. The van der Waals surface area contributed by atoms with Crippen LogP contribution >= 0.6 is 11.6 Å². The fourth-order valence-corrected chi connectivity index (χ4v) is 4.59. The van der Waals surface area contributed by atoms with Crippen molar-refractivity contribution in [1.29, 1.82) is 0 Å². The predicted molar refractivity (Wildman–Crippen MR) is 108 cm³/mol. The Morgan fingerprint density at radius 1 is 0.964 bits per heavy atom. The molecule has 0 aliphatic carbocycles. The van der Waals surface area contributed by atoms with Crippen LogP contribution in [-0.4, -0.2) is 56.3 Å². The average molecular weight is 423 g/mol. The molecule has 1 fully saturated rings. The normalized spacial score (nSPS) is 15.4. The monoisotopic (exact) mass is 422 g/mol. The van der Waals surface area contributed by atoms with Crippen LogP contribution in [0.2, 0.25) is 5.02 Å². The van der Waals surface area contributed by atoms with Crippen molar-refractivity contribution in [1.82, 2.24) is 9.21 Å². The third-order valence-corrected chi connectivity index (χ3v) is 6.75. The van der Waals surface area contributed by atoms with Gasteiger partial charge < -0.3 is 9.64 Å². The predicted octanol–water partition coefficient (Wildman–Crippen LogP) is 3.03. The molecule has 0 unspecified atom stereocenters. The van der Waals surface area contributed by atoms with Crippen LogP contribution in [0.15, 0.2) is 59.5 Å². The third kappa shape index (κ3) is 5.25. The second-order valence-electron chi connectivity index (χ2n) is 6.50. The zero-order valence-electron chi connectivity index (χ0n) is 15.5. The molecule has 150 valence electrons. The smallest absolute Gasteiger partial charge is 0.243 e. The summed E-state index contributed by atoms with van der Waals surface area (Å²) in [6.07, 6.45) is 0.975. The number of halogens is 1. The zero-order valence-corrected chi connectivity index (χ0v) is 17.0. The SMILES string of the molecule is O=C(CCCOc1ccc(Cl)cc1)N1CCN(S(=O)(=O)c2ccccc2)CC1. The Morgan fingerprint density at radius 3 is 2.25 bits per heavy atom. The summed E-state index contributed by atoms with van der Waals surface area (Å²) in [7, 11) is -3.50. The molecule has 1 amide bonds. The Balaban J connectivity index is 1.42. The number of hydrogen-bond acceptors (Lipinski definition) is 4. The maximum absolute atomic E-state index is 12.6. The summed E-state index contributed by atoms with van der Waals surface area (Å²) in [5, 5.41) is 0.649. The molecular weight excluding hydrogens is 400 g/mol. The fourth-order valence-electron chi connectivity index (χ4n) is 3.02. The van der Waals surface area contributed by atoms with Gasteiger partial charge in [0.25, 0.3) is 0 Å². The summed E-state index contributed by atoms with van der Waals surface area (Å²) in [5.41, 5.74) is 0. The van der Waals surface area contributed by atoms with E-state index in [0.29, 0.717) is 50.7 Å². The van der Waals surface area contributed by atoms with E-state index in [1.54, 1.807) is 59.5 Å². The second-order valence-corrected chi connectivity index (χ2v) is 8.88. The highest BCUT2D eigenvalue weighted by molar-refractivity contribution is 7.89. The Bertz CT molecular complexity index is 880. The number of rotatable bonds is 7. The minimum atomic E-state index is -3.50. The van der Waals surface area contributed by atoms with Crippen molar-refractivity contribution in [3.05, 3.63) is 59.6 Å². The lowest BCUT2D eigenvalue weighted by Crippen LogP contribution is -2.50. The third-order valence-electron chi connectivity index (χ3n) is 4.59. The molecule has 6 nitrogen and oxygen atoms in total. The number of amides is 1. The van der Waals surface area contributed by atoms with Crippen LogP contribution in [0.5, 0.6) is 5.75 Å². The van der Waals surface area contributed by atoms with E-state index >= 15 is 0 Å². The lowest BCUT2D eigenvalue weighted by atomic mass is 10.2. The molecule has 8 heteroatoms. The number of sulfonamides is 1. The van der Waals surface area contributed by atoms with Crippen molar-refractivity contribution in [2.75, 3.05) is 32.8 Å². The topological polar surface area (TPSA) is 66.9 Å². The Hall–Kier alpha value is -2.09. The van der Waals surface area contributed by atoms with Gasteiger partial charge in [-0.25, -0.2) is 8.42 Å². The number of nitrogens with zero attached hydrogens (tertiary/aromatic N) is 2. The molecule has 1 aliphatic heterocycles. The number of piperazine rings is 1. The molecule has 3 rings (SSSR count). The molecule has 0 atom stereocenters. The van der Waals surface area contributed by atoms with Crippen molar-refractivity contribution < 1.29 is 17.9 Å². The zero-order chi connectivity index (χ0) is 20.0. The number of benzene rings is 2. The largest absolute Gasteiger partial charge is 0.494 e. The van der Waals surface area contributed by atoms with Crippen LogP contribution in [0.3, 0.4) is 0 Å². The van der Waals surface area contributed by atoms with Crippen molar-refractivity contribution in [2.24, 2.45) is 0 Å². The van der Waals surface area contributed by atoms with Crippen LogP contribution in [0.4, 0.5) is 0 Å². The lowest BCUT2D eigenvalue weighted by molar-refractivity contribution is -0.132. The maximum Gasteiger partial charge on any atom is 0.243 e. The highest BCUT2D eigenvalue weighted by Gasteiger charge is 2.29. The highest BCUT2D eigenvalue weighted by Crippen LogP contribution is 2.18. The first-order valence-corrected chi connectivity index (χ1v) is 11.0. The Kier molecular flexibility index (Phi) is 6.93. The molecule has 0 aromatic heterocycles. The van der Waals surface area contributed by atoms with E-state index in [1.165, 1.54) is 4.31 Å². The molecule has 1 aliphatic rings. The summed E-state index contributed by atoms with van der Waals surface area (Å²) in [4.78, 5) is 14.4. The van der Waals surface area contributed by atoms with Gasteiger partial charge in [-0.1, -0.05) is 29.8 Å². The van der Waals surface area contributed by atoms with Gasteiger partial charge in [0.15, 0.2) is 0 Å². The van der Waals surface area contributed by atoms with E-state index in [4.69, 9.17) is 16.3 Å². The van der Waals surface area contributed by atoms with Crippen LogP contribution in [0.1, 0.15) is 12.8 Å². The van der Waals surface area contributed by atoms with E-state index in [-0.39, 0.29) is 10.8 Å². The first kappa shape index (κ1) is 20.6. The fraction of sp³-hybridized carbons (Fsp3) is 0.350. The number of carbonyl (C=O) groups is 1. The summed E-state index contributed by atoms with van der Waals surface area (Å²) >= 11 is 5.83. The molecule has 0 N–H and O–H groups in total. The van der Waals surface area contributed by atoms with Gasteiger partial charge in [0.05, 0.1) is 11.5 Å². The minimum absolute atomic E-state index is 0.0245. The van der Waals surface area contributed by atoms with Crippen LogP contribution in [0, 0.1) is 0 Å². The molecule has 0 bridgehead atoms. The highest BCUT2D eigenvalue weighted by atomic mass is 35.5. The number of hydrogen-bond donors (Lipinski definition) is 0. The van der Waals surface area contributed by atoms with Crippen LogP contribution < -0.4 is 4.74 Å². The van der Waals surface area contributed by atoms with Crippen molar-refractivity contribution in [2.45, 2.75) is 17.7 Å². The molecule has 0 saturated carbocycles. The van der Waals surface area contributed by atoms with Gasteiger partial charge in [-0.05, 0) is 42.8 Å². The summed E-state index contributed by atoms with van der Waals surface area (Å²) in [6, 6.07) is 15.5. The molecule has 1 heterocycles. The first-order chi connectivity index (χ1) is 13.5. The van der Waals surface area contributed by atoms with E-state index in [2.05, 4.69) is 0 Å². The first-order valence-electron chi connectivity index (χ1n) is 9.18. The van der Waals surface area contributed by atoms with Gasteiger partial charge in [-0.2, -0.15) is 4.31 Å². The van der Waals surface area contributed by atoms with Gasteiger partial charge in [-0.3, -0.25) is 4.79 Å². The number of carbonyl (C=O) groups excluding carboxylic acids is 1.